The van der Waals surface area contributed by atoms with Crippen molar-refractivity contribution in [1.82, 2.24) is 0 Å². The molecule has 0 amide bonds. The quantitative estimate of drug-likeness (QED) is 0.202. The normalized spacial score (nSPS) is 12.0. The first-order valence-corrected chi connectivity index (χ1v) is 10.1. The molecule has 0 fully saturated rings. The standard InChI is InChI=1S/C26H24O/c27-17-4-2-1-3-8-18-15-16-24-22-13-6-10-19-9-5-12-21(25(19)22)23-14-7-11-20(18)26(23)24/h5-7,9-16,27H,1-4,8,17H2. The SMILES string of the molecule is OCCCCCCc1ccc2c3cccc4cccc(c5cccc1c52)c43. The zero-order chi connectivity index (χ0) is 18.2. The van der Waals surface area contributed by atoms with Crippen molar-refractivity contribution < 1.29 is 5.11 Å². The molecule has 0 saturated heterocycles. The van der Waals surface area contributed by atoms with Gasteiger partial charge in [-0.15, -0.1) is 0 Å². The highest BCUT2D eigenvalue weighted by Crippen LogP contribution is 2.41. The van der Waals surface area contributed by atoms with E-state index in [4.69, 9.17) is 5.11 Å². The van der Waals surface area contributed by atoms with E-state index in [1.54, 1.807) is 0 Å². The van der Waals surface area contributed by atoms with Gasteiger partial charge in [-0.2, -0.15) is 0 Å². The fourth-order valence-corrected chi connectivity index (χ4v) is 4.70. The first-order valence-electron chi connectivity index (χ1n) is 10.1. The number of aryl methyl sites for hydroxylation is 1. The molecule has 0 heterocycles. The summed E-state index contributed by atoms with van der Waals surface area (Å²) in [6.07, 6.45) is 5.52. The van der Waals surface area contributed by atoms with E-state index in [0.29, 0.717) is 6.61 Å². The lowest BCUT2D eigenvalue weighted by Crippen LogP contribution is -1.92. The van der Waals surface area contributed by atoms with Crippen molar-refractivity contribution in [3.63, 3.8) is 0 Å². The van der Waals surface area contributed by atoms with Crippen LogP contribution in [0.15, 0.2) is 66.7 Å². The Morgan fingerprint density at radius 2 is 1.11 bits per heavy atom. The van der Waals surface area contributed by atoms with Crippen LogP contribution in [0.25, 0.3) is 43.1 Å². The number of aliphatic hydroxyl groups excluding tert-OH is 1. The van der Waals surface area contributed by atoms with Gasteiger partial charge >= 0.3 is 0 Å². The van der Waals surface area contributed by atoms with Crippen LogP contribution in [0.5, 0.6) is 0 Å². The molecule has 5 aromatic rings. The van der Waals surface area contributed by atoms with Gasteiger partial charge < -0.3 is 5.11 Å². The van der Waals surface area contributed by atoms with Crippen molar-refractivity contribution >= 4 is 43.1 Å². The van der Waals surface area contributed by atoms with Crippen molar-refractivity contribution in [2.24, 2.45) is 0 Å². The molecule has 0 spiro atoms. The van der Waals surface area contributed by atoms with E-state index in [2.05, 4.69) is 66.7 Å². The van der Waals surface area contributed by atoms with Crippen LogP contribution in [0.4, 0.5) is 0 Å². The molecule has 5 rings (SSSR count). The molecule has 0 unspecified atom stereocenters. The van der Waals surface area contributed by atoms with E-state index < -0.39 is 0 Å². The second-order valence-electron chi connectivity index (χ2n) is 7.60. The molecule has 0 aliphatic carbocycles. The van der Waals surface area contributed by atoms with E-state index in [-0.39, 0.29) is 0 Å². The molecule has 0 aliphatic heterocycles. The van der Waals surface area contributed by atoms with Crippen molar-refractivity contribution in [2.75, 3.05) is 6.61 Å². The topological polar surface area (TPSA) is 20.2 Å². The largest absolute Gasteiger partial charge is 0.396 e. The molecule has 0 aliphatic rings. The van der Waals surface area contributed by atoms with Crippen molar-refractivity contribution in [3.8, 4) is 0 Å². The van der Waals surface area contributed by atoms with Gasteiger partial charge in [-0.25, -0.2) is 0 Å². The van der Waals surface area contributed by atoms with Gasteiger partial charge in [0, 0.05) is 6.61 Å². The minimum Gasteiger partial charge on any atom is -0.396 e. The Labute approximate surface area is 159 Å². The third kappa shape index (κ3) is 2.65. The lowest BCUT2D eigenvalue weighted by molar-refractivity contribution is 0.282. The highest BCUT2D eigenvalue weighted by Gasteiger charge is 2.13. The lowest BCUT2D eigenvalue weighted by atomic mass is 9.87. The van der Waals surface area contributed by atoms with Crippen molar-refractivity contribution in [2.45, 2.75) is 32.1 Å². The second-order valence-corrected chi connectivity index (χ2v) is 7.60. The molecular weight excluding hydrogens is 328 g/mol. The van der Waals surface area contributed by atoms with Crippen LogP contribution in [0.1, 0.15) is 31.2 Å². The zero-order valence-corrected chi connectivity index (χ0v) is 15.5. The molecule has 1 N–H and O–H groups in total. The van der Waals surface area contributed by atoms with E-state index in [1.165, 1.54) is 61.5 Å². The van der Waals surface area contributed by atoms with Gasteiger partial charge in [0.05, 0.1) is 0 Å². The minimum atomic E-state index is 0.311. The summed E-state index contributed by atoms with van der Waals surface area (Å²) in [7, 11) is 0. The van der Waals surface area contributed by atoms with Crippen LogP contribution >= 0.6 is 0 Å². The molecule has 27 heavy (non-hydrogen) atoms. The highest BCUT2D eigenvalue weighted by atomic mass is 16.2. The summed E-state index contributed by atoms with van der Waals surface area (Å²) >= 11 is 0. The average Bonchev–Trinajstić information content (AvgIpc) is 2.72. The van der Waals surface area contributed by atoms with E-state index in [9.17, 15) is 0 Å². The Morgan fingerprint density at radius 3 is 1.85 bits per heavy atom. The Kier molecular flexibility index (Phi) is 4.18. The predicted molar refractivity (Wildman–Crippen MR) is 117 cm³/mol. The average molecular weight is 352 g/mol. The number of rotatable bonds is 6. The van der Waals surface area contributed by atoms with Gasteiger partial charge in [0.25, 0.3) is 0 Å². The van der Waals surface area contributed by atoms with E-state index >= 15 is 0 Å². The lowest BCUT2D eigenvalue weighted by Gasteiger charge is -2.16. The zero-order valence-electron chi connectivity index (χ0n) is 15.5. The van der Waals surface area contributed by atoms with E-state index in [1.807, 2.05) is 0 Å². The summed E-state index contributed by atoms with van der Waals surface area (Å²) in [6.45, 7) is 0.311. The summed E-state index contributed by atoms with van der Waals surface area (Å²) in [5.74, 6) is 0. The Bertz CT molecular complexity index is 1180. The maximum atomic E-state index is 8.96. The smallest absolute Gasteiger partial charge is 0.0431 e. The number of aliphatic hydroxyl groups is 1. The van der Waals surface area contributed by atoms with Crippen LogP contribution in [0.2, 0.25) is 0 Å². The van der Waals surface area contributed by atoms with Gasteiger partial charge in [-0.1, -0.05) is 79.6 Å². The van der Waals surface area contributed by atoms with Crippen LogP contribution in [0.3, 0.4) is 0 Å². The Morgan fingerprint density at radius 1 is 0.519 bits per heavy atom. The molecule has 0 saturated carbocycles. The number of hydrogen-bond acceptors (Lipinski definition) is 1. The van der Waals surface area contributed by atoms with Crippen molar-refractivity contribution in [1.29, 1.82) is 0 Å². The fourth-order valence-electron chi connectivity index (χ4n) is 4.70. The molecule has 0 atom stereocenters. The van der Waals surface area contributed by atoms with Crippen LogP contribution in [0, 0.1) is 0 Å². The number of unbranched alkanes of at least 4 members (excludes halogenated alkanes) is 3. The summed E-state index contributed by atoms with van der Waals surface area (Å²) in [5, 5.41) is 19.9. The third-order valence-electron chi connectivity index (χ3n) is 5.97. The number of benzene rings is 5. The summed E-state index contributed by atoms with van der Waals surface area (Å²) < 4.78 is 0. The van der Waals surface area contributed by atoms with Crippen LogP contribution in [-0.2, 0) is 6.42 Å². The molecular formula is C26H24O. The maximum Gasteiger partial charge on any atom is 0.0431 e. The van der Waals surface area contributed by atoms with Gasteiger partial charge in [0.1, 0.15) is 0 Å². The van der Waals surface area contributed by atoms with Gasteiger partial charge in [0.2, 0.25) is 0 Å². The Hall–Kier alpha value is -2.64. The third-order valence-corrected chi connectivity index (χ3v) is 5.97. The molecule has 5 aromatic carbocycles. The van der Waals surface area contributed by atoms with E-state index in [0.717, 1.165) is 19.3 Å². The Balaban J connectivity index is 1.72. The highest BCUT2D eigenvalue weighted by molar-refractivity contribution is 6.33. The number of fused-ring (bicyclic) bond motifs is 2. The summed E-state index contributed by atoms with van der Waals surface area (Å²) in [4.78, 5) is 0. The molecule has 1 heteroatoms. The van der Waals surface area contributed by atoms with Crippen LogP contribution < -0.4 is 0 Å². The first kappa shape index (κ1) is 16.5. The molecule has 0 radical (unpaired) electrons. The molecule has 0 aromatic heterocycles. The number of hydrogen-bond donors (Lipinski definition) is 1. The van der Waals surface area contributed by atoms with Crippen molar-refractivity contribution in [3.05, 3.63) is 72.3 Å². The predicted octanol–water partition coefficient (Wildman–Crippen LogP) is 6.83. The minimum absolute atomic E-state index is 0.311. The summed E-state index contributed by atoms with van der Waals surface area (Å²) in [6, 6.07) is 24.8. The maximum absolute atomic E-state index is 8.96. The second kappa shape index (κ2) is 6.83. The molecule has 1 nitrogen and oxygen atoms in total. The van der Waals surface area contributed by atoms with Gasteiger partial charge in [-0.3, -0.25) is 0 Å². The molecule has 0 bridgehead atoms. The monoisotopic (exact) mass is 352 g/mol. The van der Waals surface area contributed by atoms with Gasteiger partial charge in [-0.05, 0) is 67.9 Å². The molecule has 134 valence electrons. The summed E-state index contributed by atoms with van der Waals surface area (Å²) in [5.41, 5.74) is 1.45. The van der Waals surface area contributed by atoms with Gasteiger partial charge in [0.15, 0.2) is 0 Å². The first-order chi connectivity index (χ1) is 13.4. The fraction of sp³-hybridized carbons (Fsp3) is 0.231. The van der Waals surface area contributed by atoms with Crippen LogP contribution in [-0.4, -0.2) is 11.7 Å².